The van der Waals surface area contributed by atoms with Gasteiger partial charge in [0.2, 0.25) is 12.7 Å². The minimum Gasteiger partial charge on any atom is -0.454 e. The van der Waals surface area contributed by atoms with E-state index in [1.807, 2.05) is 35.7 Å². The van der Waals surface area contributed by atoms with Gasteiger partial charge >= 0.3 is 0 Å². The van der Waals surface area contributed by atoms with Gasteiger partial charge in [-0.2, -0.15) is 0 Å². The topological polar surface area (TPSA) is 76.7 Å². The maximum Gasteiger partial charge on any atom is 0.253 e. The van der Waals surface area contributed by atoms with Crippen LogP contribution in [0.1, 0.15) is 27.2 Å². The van der Waals surface area contributed by atoms with Crippen LogP contribution in [0.2, 0.25) is 0 Å². The molecule has 148 valence electrons. The number of hydrogen-bond donors (Lipinski definition) is 2. The van der Waals surface area contributed by atoms with Crippen LogP contribution in [0.25, 0.3) is 0 Å². The summed E-state index contributed by atoms with van der Waals surface area (Å²) in [5.41, 5.74) is 1.84. The molecule has 7 heteroatoms. The van der Waals surface area contributed by atoms with Gasteiger partial charge in [-0.05, 0) is 47.7 Å². The van der Waals surface area contributed by atoms with Crippen LogP contribution in [0.3, 0.4) is 0 Å². The van der Waals surface area contributed by atoms with E-state index in [0.717, 1.165) is 10.4 Å². The molecule has 29 heavy (non-hydrogen) atoms. The minimum atomic E-state index is -0.253. The van der Waals surface area contributed by atoms with Gasteiger partial charge in [0.05, 0.1) is 11.3 Å². The summed E-state index contributed by atoms with van der Waals surface area (Å²) in [5.74, 6) is 1.01. The number of carbonyl (C=O) groups is 2. The molecular formula is C22H20N2O4S. The number of benzene rings is 2. The van der Waals surface area contributed by atoms with Crippen LogP contribution in [0.15, 0.2) is 60.0 Å². The first-order valence-corrected chi connectivity index (χ1v) is 10.1. The summed E-state index contributed by atoms with van der Waals surface area (Å²) in [6.45, 7) is 0.556. The summed E-state index contributed by atoms with van der Waals surface area (Å²) < 4.78 is 10.7. The number of amides is 2. The van der Waals surface area contributed by atoms with E-state index in [-0.39, 0.29) is 18.6 Å². The van der Waals surface area contributed by atoms with Crippen molar-refractivity contribution >= 4 is 28.8 Å². The number of thiophene rings is 1. The number of hydrogen-bond acceptors (Lipinski definition) is 5. The van der Waals surface area contributed by atoms with Crippen molar-refractivity contribution in [3.63, 3.8) is 0 Å². The first-order chi connectivity index (χ1) is 14.2. The number of aryl methyl sites for hydroxylation is 1. The number of anilines is 1. The summed E-state index contributed by atoms with van der Waals surface area (Å²) in [4.78, 5) is 26.2. The zero-order chi connectivity index (χ0) is 20.1. The van der Waals surface area contributed by atoms with Gasteiger partial charge in [-0.1, -0.05) is 24.3 Å². The molecule has 0 radical (unpaired) electrons. The number of fused-ring (bicyclic) bond motifs is 1. The summed E-state index contributed by atoms with van der Waals surface area (Å²) in [7, 11) is 0. The van der Waals surface area contributed by atoms with Crippen molar-refractivity contribution in [1.29, 1.82) is 0 Å². The Labute approximate surface area is 172 Å². The van der Waals surface area contributed by atoms with Crippen LogP contribution >= 0.6 is 11.3 Å². The normalized spacial score (nSPS) is 11.9. The third kappa shape index (κ3) is 4.75. The van der Waals surface area contributed by atoms with Gasteiger partial charge in [-0.3, -0.25) is 9.59 Å². The predicted molar refractivity (Wildman–Crippen MR) is 111 cm³/mol. The van der Waals surface area contributed by atoms with E-state index >= 15 is 0 Å². The Morgan fingerprint density at radius 3 is 2.72 bits per heavy atom. The fourth-order valence-electron chi connectivity index (χ4n) is 3.02. The molecule has 0 spiro atoms. The molecule has 6 nitrogen and oxygen atoms in total. The summed E-state index contributed by atoms with van der Waals surface area (Å²) in [5, 5.41) is 7.74. The molecule has 3 aromatic rings. The third-order valence-corrected chi connectivity index (χ3v) is 5.45. The Morgan fingerprint density at radius 2 is 1.86 bits per heavy atom. The van der Waals surface area contributed by atoms with E-state index in [1.165, 1.54) is 0 Å². The second-order valence-electron chi connectivity index (χ2n) is 6.54. The van der Waals surface area contributed by atoms with Crippen molar-refractivity contribution in [2.75, 3.05) is 12.1 Å². The lowest BCUT2D eigenvalue weighted by atomic mass is 10.1. The lowest BCUT2D eigenvalue weighted by Gasteiger charge is -2.12. The zero-order valence-electron chi connectivity index (χ0n) is 15.6. The SMILES string of the molecule is O=C(CCc1cccs1)Nc1ccccc1C(=O)NCc1ccc2c(c1)OCO2. The lowest BCUT2D eigenvalue weighted by molar-refractivity contribution is -0.116. The Morgan fingerprint density at radius 1 is 1.00 bits per heavy atom. The Hall–Kier alpha value is -3.32. The molecule has 0 bridgehead atoms. The van der Waals surface area contributed by atoms with Crippen LogP contribution in [0.5, 0.6) is 11.5 Å². The van der Waals surface area contributed by atoms with Gasteiger partial charge in [0.1, 0.15) is 0 Å². The van der Waals surface area contributed by atoms with E-state index in [2.05, 4.69) is 10.6 Å². The van der Waals surface area contributed by atoms with Crippen LogP contribution in [-0.4, -0.2) is 18.6 Å². The Kier molecular flexibility index (Phi) is 5.76. The molecule has 2 amide bonds. The zero-order valence-corrected chi connectivity index (χ0v) is 16.5. The van der Waals surface area contributed by atoms with Crippen molar-refractivity contribution in [1.82, 2.24) is 5.32 Å². The minimum absolute atomic E-state index is 0.116. The Bertz CT molecular complexity index is 1020. The molecule has 2 N–H and O–H groups in total. The van der Waals surface area contributed by atoms with Gasteiger partial charge < -0.3 is 20.1 Å². The number of carbonyl (C=O) groups excluding carboxylic acids is 2. The molecule has 2 aromatic carbocycles. The van der Waals surface area contributed by atoms with Crippen molar-refractivity contribution in [3.05, 3.63) is 76.0 Å². The second kappa shape index (κ2) is 8.79. The first-order valence-electron chi connectivity index (χ1n) is 9.27. The average Bonchev–Trinajstić information content (AvgIpc) is 3.42. The molecule has 0 unspecified atom stereocenters. The molecule has 2 heterocycles. The largest absolute Gasteiger partial charge is 0.454 e. The fraction of sp³-hybridized carbons (Fsp3) is 0.182. The molecule has 0 saturated heterocycles. The summed E-state index contributed by atoms with van der Waals surface area (Å²) in [6, 6.07) is 16.5. The van der Waals surface area contributed by atoms with Gasteiger partial charge in [0, 0.05) is 17.8 Å². The number of para-hydroxylation sites is 1. The molecule has 4 rings (SSSR count). The van der Waals surface area contributed by atoms with Crippen molar-refractivity contribution < 1.29 is 19.1 Å². The van der Waals surface area contributed by atoms with E-state index in [0.29, 0.717) is 42.1 Å². The fourth-order valence-corrected chi connectivity index (χ4v) is 3.73. The van der Waals surface area contributed by atoms with E-state index < -0.39 is 0 Å². The van der Waals surface area contributed by atoms with Crippen LogP contribution < -0.4 is 20.1 Å². The molecular weight excluding hydrogens is 388 g/mol. The predicted octanol–water partition coefficient (Wildman–Crippen LogP) is 3.98. The van der Waals surface area contributed by atoms with E-state index in [4.69, 9.17) is 9.47 Å². The number of nitrogens with one attached hydrogen (secondary N) is 2. The highest BCUT2D eigenvalue weighted by molar-refractivity contribution is 7.09. The quantitative estimate of drug-likeness (QED) is 0.620. The summed E-state index contributed by atoms with van der Waals surface area (Å²) in [6.07, 6.45) is 1.05. The molecule has 0 atom stereocenters. The average molecular weight is 408 g/mol. The third-order valence-electron chi connectivity index (χ3n) is 4.51. The standard InChI is InChI=1S/C22H20N2O4S/c25-21(10-8-16-4-3-11-29-16)24-18-6-2-1-5-17(18)22(26)23-13-15-7-9-19-20(12-15)28-14-27-19/h1-7,9,11-12H,8,10,13-14H2,(H,23,26)(H,24,25). The molecule has 1 aliphatic heterocycles. The summed E-state index contributed by atoms with van der Waals surface area (Å²) >= 11 is 1.63. The van der Waals surface area contributed by atoms with Crippen LogP contribution in [0.4, 0.5) is 5.69 Å². The highest BCUT2D eigenvalue weighted by atomic mass is 32.1. The smallest absolute Gasteiger partial charge is 0.253 e. The van der Waals surface area contributed by atoms with Gasteiger partial charge in [-0.15, -0.1) is 11.3 Å². The molecule has 1 aliphatic rings. The highest BCUT2D eigenvalue weighted by Crippen LogP contribution is 2.32. The second-order valence-corrected chi connectivity index (χ2v) is 7.58. The lowest BCUT2D eigenvalue weighted by Crippen LogP contribution is -2.25. The molecule has 1 aromatic heterocycles. The maximum atomic E-state index is 12.7. The maximum absolute atomic E-state index is 12.7. The van der Waals surface area contributed by atoms with E-state index in [9.17, 15) is 9.59 Å². The van der Waals surface area contributed by atoms with Gasteiger partial charge in [0.15, 0.2) is 11.5 Å². The van der Waals surface area contributed by atoms with Gasteiger partial charge in [-0.25, -0.2) is 0 Å². The molecule has 0 aliphatic carbocycles. The number of ether oxygens (including phenoxy) is 2. The van der Waals surface area contributed by atoms with Gasteiger partial charge in [0.25, 0.3) is 5.91 Å². The molecule has 0 fully saturated rings. The van der Waals surface area contributed by atoms with Crippen molar-refractivity contribution in [2.45, 2.75) is 19.4 Å². The van der Waals surface area contributed by atoms with E-state index in [1.54, 1.807) is 35.6 Å². The van der Waals surface area contributed by atoms with Crippen molar-refractivity contribution in [2.24, 2.45) is 0 Å². The van der Waals surface area contributed by atoms with Crippen molar-refractivity contribution in [3.8, 4) is 11.5 Å². The number of rotatable bonds is 7. The Balaban J connectivity index is 1.36. The van der Waals surface area contributed by atoms with Crippen LogP contribution in [-0.2, 0) is 17.8 Å². The molecule has 0 saturated carbocycles. The monoisotopic (exact) mass is 408 g/mol. The highest BCUT2D eigenvalue weighted by Gasteiger charge is 2.15. The first kappa shape index (κ1) is 19.0. The van der Waals surface area contributed by atoms with Crippen LogP contribution in [0, 0.1) is 0 Å².